The van der Waals surface area contributed by atoms with E-state index in [1.54, 1.807) is 21.1 Å². The zero-order valence-electron chi connectivity index (χ0n) is 12.6. The first-order valence-electron chi connectivity index (χ1n) is 6.04. The molecule has 0 aromatic heterocycles. The molecule has 9 heteroatoms. The summed E-state index contributed by atoms with van der Waals surface area (Å²) in [7, 11) is 5.15. The molecule has 0 fully saturated rings. The van der Waals surface area contributed by atoms with Crippen LogP contribution in [0, 0.1) is 0 Å². The van der Waals surface area contributed by atoms with Crippen LogP contribution in [0.4, 0.5) is 0 Å². The monoisotopic (exact) mass is 326 g/mol. The van der Waals surface area contributed by atoms with Crippen LogP contribution in [0.15, 0.2) is 0 Å². The number of likely N-dealkylation sites (N-methyl/N-ethyl adjacent to an activating group) is 1. The van der Waals surface area contributed by atoms with E-state index in [4.69, 9.17) is 15.6 Å². The van der Waals surface area contributed by atoms with Gasteiger partial charge in [0.05, 0.1) is 27.7 Å². The normalized spacial score (nSPS) is 15.3. The summed E-state index contributed by atoms with van der Waals surface area (Å²) >= 11 is 0. The van der Waals surface area contributed by atoms with E-state index in [0.29, 0.717) is 0 Å². The molecule has 0 amide bonds. The topological polar surface area (TPSA) is 130 Å². The number of ketones is 1. The maximum atomic E-state index is 11.8. The summed E-state index contributed by atoms with van der Waals surface area (Å²) in [6.45, 7) is 0.416. The molecule has 0 aliphatic carbocycles. The van der Waals surface area contributed by atoms with E-state index >= 15 is 0 Å². The first-order chi connectivity index (χ1) is 8.93. The van der Waals surface area contributed by atoms with Gasteiger partial charge in [0.1, 0.15) is 12.6 Å². The van der Waals surface area contributed by atoms with Gasteiger partial charge in [-0.1, -0.05) is 0 Å². The Morgan fingerprint density at radius 1 is 1.33 bits per heavy atom. The SMILES string of the molecule is CC(=O)[C@@](CC(=O)[O-])(C[N+](C)(C)C)OC(=O)[C@@H](N)CO.Cl. The Hall–Kier alpha value is -1.22. The molecule has 21 heavy (non-hydrogen) atoms. The molecule has 124 valence electrons. The van der Waals surface area contributed by atoms with Crippen molar-refractivity contribution in [3.63, 3.8) is 0 Å². The molecule has 0 saturated heterocycles. The molecule has 0 aromatic carbocycles. The maximum absolute atomic E-state index is 11.8. The van der Waals surface area contributed by atoms with Crippen LogP contribution in [0.25, 0.3) is 0 Å². The third-order valence-electron chi connectivity index (χ3n) is 2.60. The number of carboxylic acids is 1. The molecule has 8 nitrogen and oxygen atoms in total. The number of ether oxygens (including phenoxy) is 1. The molecule has 0 saturated carbocycles. The molecule has 0 aliphatic heterocycles. The van der Waals surface area contributed by atoms with Gasteiger partial charge in [0.25, 0.3) is 0 Å². The number of aliphatic hydroxyl groups is 1. The Labute approximate surface area is 129 Å². The number of halogens is 1. The number of carboxylic acid groups (broad SMARTS) is 1. The Kier molecular flexibility index (Phi) is 8.70. The number of carbonyl (C=O) groups excluding carboxylic acids is 3. The van der Waals surface area contributed by atoms with Crippen LogP contribution in [0.3, 0.4) is 0 Å². The van der Waals surface area contributed by atoms with E-state index in [-0.39, 0.29) is 23.4 Å². The summed E-state index contributed by atoms with van der Waals surface area (Å²) in [5, 5.41) is 19.7. The summed E-state index contributed by atoms with van der Waals surface area (Å²) in [4.78, 5) is 34.4. The van der Waals surface area contributed by atoms with Gasteiger partial charge in [-0.15, -0.1) is 12.4 Å². The van der Waals surface area contributed by atoms with Crippen molar-refractivity contribution in [3.05, 3.63) is 0 Å². The van der Waals surface area contributed by atoms with Gasteiger partial charge in [-0.25, -0.2) is 0 Å². The molecule has 0 aliphatic rings. The molecule has 3 N–H and O–H groups in total. The van der Waals surface area contributed by atoms with Gasteiger partial charge >= 0.3 is 5.97 Å². The lowest BCUT2D eigenvalue weighted by Gasteiger charge is -2.37. The first kappa shape index (κ1) is 22.1. The van der Waals surface area contributed by atoms with E-state index in [0.717, 1.165) is 6.92 Å². The number of Topliss-reactive ketones (excluding diaryl/α,β-unsaturated/α-hetero) is 1. The Balaban J connectivity index is 0. The highest BCUT2D eigenvalue weighted by atomic mass is 35.5. The van der Waals surface area contributed by atoms with Crippen LogP contribution >= 0.6 is 12.4 Å². The summed E-state index contributed by atoms with van der Waals surface area (Å²) in [6.07, 6.45) is -0.762. The second kappa shape index (κ2) is 8.28. The van der Waals surface area contributed by atoms with Gasteiger partial charge < -0.3 is 30.0 Å². The van der Waals surface area contributed by atoms with Gasteiger partial charge in [0, 0.05) is 12.4 Å². The van der Waals surface area contributed by atoms with Crippen LogP contribution in [0.2, 0.25) is 0 Å². The predicted octanol–water partition coefficient (Wildman–Crippen LogP) is -2.55. The molecular weight excluding hydrogens is 304 g/mol. The second-order valence-corrected chi connectivity index (χ2v) is 5.76. The minimum Gasteiger partial charge on any atom is -0.550 e. The number of nitrogens with two attached hydrogens (primary N) is 1. The van der Waals surface area contributed by atoms with E-state index in [9.17, 15) is 19.5 Å². The average Bonchev–Trinajstić information content (AvgIpc) is 2.23. The predicted molar refractivity (Wildman–Crippen MR) is 74.3 cm³/mol. The third kappa shape index (κ3) is 7.37. The number of esters is 1. The highest BCUT2D eigenvalue weighted by Crippen LogP contribution is 2.21. The lowest BCUT2D eigenvalue weighted by Crippen LogP contribution is -2.59. The second-order valence-electron chi connectivity index (χ2n) is 5.76. The Bertz CT molecular complexity index is 396. The standard InChI is InChI=1S/C12H22N2O6.ClH/c1-8(16)12(5-10(17)18,7-14(2,3)4)20-11(19)9(13)6-15;/h9,15H,5-7,13H2,1-4H3;1H/t9-,12+;/m0./s1. The molecule has 0 aromatic rings. The molecule has 0 bridgehead atoms. The van der Waals surface area contributed by atoms with E-state index < -0.39 is 42.4 Å². The number of nitrogens with zero attached hydrogens (tertiary/aromatic N) is 1. The quantitative estimate of drug-likeness (QED) is 0.371. The Morgan fingerprint density at radius 3 is 2.10 bits per heavy atom. The Morgan fingerprint density at radius 2 is 1.81 bits per heavy atom. The fourth-order valence-electron chi connectivity index (χ4n) is 1.77. The van der Waals surface area contributed by atoms with Crippen molar-refractivity contribution in [1.82, 2.24) is 0 Å². The highest BCUT2D eigenvalue weighted by molar-refractivity contribution is 5.92. The lowest BCUT2D eigenvalue weighted by molar-refractivity contribution is -0.875. The van der Waals surface area contributed by atoms with Gasteiger partial charge in [-0.2, -0.15) is 0 Å². The van der Waals surface area contributed by atoms with Crippen LogP contribution < -0.4 is 10.8 Å². The summed E-state index contributed by atoms with van der Waals surface area (Å²) in [5.74, 6) is -3.16. The molecule has 0 radical (unpaired) electrons. The third-order valence-corrected chi connectivity index (χ3v) is 2.60. The smallest absolute Gasteiger partial charge is 0.326 e. The molecule has 0 spiro atoms. The summed E-state index contributed by atoms with van der Waals surface area (Å²) in [6, 6.07) is -1.33. The number of rotatable bonds is 8. The summed E-state index contributed by atoms with van der Waals surface area (Å²) < 4.78 is 5.22. The minimum atomic E-state index is -1.86. The number of aliphatic hydroxyl groups excluding tert-OH is 1. The number of carbonyl (C=O) groups is 3. The van der Waals surface area contributed by atoms with Gasteiger partial charge in [0.2, 0.25) is 5.60 Å². The number of hydrogen-bond acceptors (Lipinski definition) is 7. The van der Waals surface area contributed by atoms with E-state index in [2.05, 4.69) is 0 Å². The molecule has 2 atom stereocenters. The van der Waals surface area contributed by atoms with Crippen LogP contribution in [-0.4, -0.2) is 73.2 Å². The maximum Gasteiger partial charge on any atom is 0.326 e. The van der Waals surface area contributed by atoms with Crippen LogP contribution in [0.5, 0.6) is 0 Å². The molecule has 0 heterocycles. The fourth-order valence-corrected chi connectivity index (χ4v) is 1.77. The highest BCUT2D eigenvalue weighted by Gasteiger charge is 2.45. The van der Waals surface area contributed by atoms with Crippen molar-refractivity contribution in [2.75, 3.05) is 34.3 Å². The number of aliphatic carboxylic acids is 1. The van der Waals surface area contributed by atoms with Crippen LogP contribution in [0.1, 0.15) is 13.3 Å². The zero-order chi connectivity index (χ0) is 16.1. The largest absolute Gasteiger partial charge is 0.550 e. The minimum absolute atomic E-state index is 0. The van der Waals surface area contributed by atoms with Gasteiger partial charge in [-0.3, -0.25) is 9.59 Å². The van der Waals surface area contributed by atoms with Crippen LogP contribution in [-0.2, 0) is 19.1 Å². The van der Waals surface area contributed by atoms with Crippen molar-refractivity contribution in [1.29, 1.82) is 0 Å². The lowest BCUT2D eigenvalue weighted by atomic mass is 9.93. The zero-order valence-corrected chi connectivity index (χ0v) is 13.4. The van der Waals surface area contributed by atoms with Crippen molar-refractivity contribution in [2.45, 2.75) is 25.0 Å². The first-order valence-corrected chi connectivity index (χ1v) is 6.04. The average molecular weight is 327 g/mol. The van der Waals surface area contributed by atoms with Gasteiger partial charge in [-0.05, 0) is 6.92 Å². The van der Waals surface area contributed by atoms with E-state index in [1.807, 2.05) is 0 Å². The van der Waals surface area contributed by atoms with Gasteiger partial charge in [0.15, 0.2) is 5.78 Å². The number of hydrogen-bond donors (Lipinski definition) is 2. The van der Waals surface area contributed by atoms with Crippen molar-refractivity contribution >= 4 is 30.1 Å². The fraction of sp³-hybridized carbons (Fsp3) is 0.750. The number of quaternary nitrogens is 1. The van der Waals surface area contributed by atoms with E-state index in [1.165, 1.54) is 0 Å². The molecular formula is C12H23ClN2O6. The molecule has 0 unspecified atom stereocenters. The van der Waals surface area contributed by atoms with Crippen molar-refractivity contribution in [3.8, 4) is 0 Å². The van der Waals surface area contributed by atoms with Crippen molar-refractivity contribution in [2.24, 2.45) is 5.73 Å². The summed E-state index contributed by atoms with van der Waals surface area (Å²) in [5.41, 5.74) is 3.45. The molecule has 0 rings (SSSR count). The van der Waals surface area contributed by atoms with Crippen molar-refractivity contribution < 1.29 is 33.8 Å².